The highest BCUT2D eigenvalue weighted by Gasteiger charge is 2.51. The SMILES string of the molecule is NC(OC=O)(C(=O)O)C(OC=O)C(=O)O. The molecular weight excluding hydrogens is 214 g/mol. The Morgan fingerprint density at radius 2 is 1.80 bits per heavy atom. The fraction of sp³-hybridized carbons (Fsp3) is 0.333. The molecule has 0 aromatic heterocycles. The smallest absolute Gasteiger partial charge is 0.368 e. The monoisotopic (exact) mass is 221 g/mol. The Bertz CT molecular complexity index is 289. The predicted octanol–water partition coefficient (Wildman–Crippen LogP) is -2.47. The van der Waals surface area contributed by atoms with Gasteiger partial charge in [0.1, 0.15) is 0 Å². The molecule has 0 fully saturated rings. The molecule has 0 bridgehead atoms. The minimum Gasteiger partial charge on any atom is -0.478 e. The lowest BCUT2D eigenvalue weighted by Gasteiger charge is -2.26. The van der Waals surface area contributed by atoms with Gasteiger partial charge in [-0.15, -0.1) is 0 Å². The lowest BCUT2D eigenvalue weighted by atomic mass is 10.1. The van der Waals surface area contributed by atoms with Crippen molar-refractivity contribution in [2.45, 2.75) is 11.8 Å². The lowest BCUT2D eigenvalue weighted by molar-refractivity contribution is -0.196. The maximum absolute atomic E-state index is 10.6. The van der Waals surface area contributed by atoms with Crippen molar-refractivity contribution < 1.29 is 38.9 Å². The molecular formula is C6H7NO8. The fourth-order valence-corrected chi connectivity index (χ4v) is 0.702. The molecule has 0 aliphatic rings. The van der Waals surface area contributed by atoms with Crippen LogP contribution in [0.2, 0.25) is 0 Å². The van der Waals surface area contributed by atoms with E-state index in [0.29, 0.717) is 0 Å². The van der Waals surface area contributed by atoms with Crippen molar-refractivity contribution in [1.82, 2.24) is 0 Å². The number of carbonyl (C=O) groups excluding carboxylic acids is 2. The standard InChI is InChI=1S/C6H7NO8/c7-6(5(12)13,15-2-9)3(4(10)11)14-1-8/h1-3H,7H2,(H,10,11)(H,12,13). The second kappa shape index (κ2) is 4.91. The molecule has 0 aliphatic carbocycles. The van der Waals surface area contributed by atoms with Crippen molar-refractivity contribution in [3.63, 3.8) is 0 Å². The lowest BCUT2D eigenvalue weighted by Crippen LogP contribution is -2.62. The average Bonchev–Trinajstić information content (AvgIpc) is 2.13. The van der Waals surface area contributed by atoms with Crippen LogP contribution >= 0.6 is 0 Å². The Morgan fingerprint density at radius 3 is 2.07 bits per heavy atom. The number of ether oxygens (including phenoxy) is 2. The molecule has 9 nitrogen and oxygen atoms in total. The Kier molecular flexibility index (Phi) is 4.20. The molecule has 0 rings (SSSR count). The van der Waals surface area contributed by atoms with Gasteiger partial charge in [-0.25, -0.2) is 9.59 Å². The van der Waals surface area contributed by atoms with Crippen molar-refractivity contribution in [3.8, 4) is 0 Å². The third kappa shape index (κ3) is 2.64. The van der Waals surface area contributed by atoms with Gasteiger partial charge in [0, 0.05) is 0 Å². The highest BCUT2D eigenvalue weighted by molar-refractivity contribution is 5.88. The molecule has 0 heterocycles. The summed E-state index contributed by atoms with van der Waals surface area (Å²) in [6, 6.07) is 0. The summed E-state index contributed by atoms with van der Waals surface area (Å²) < 4.78 is 7.81. The molecule has 0 radical (unpaired) electrons. The van der Waals surface area contributed by atoms with Crippen LogP contribution in [0.15, 0.2) is 0 Å². The molecule has 84 valence electrons. The number of hydrogen-bond donors (Lipinski definition) is 3. The summed E-state index contributed by atoms with van der Waals surface area (Å²) >= 11 is 0. The zero-order valence-corrected chi connectivity index (χ0v) is 7.15. The quantitative estimate of drug-likeness (QED) is 0.313. The van der Waals surface area contributed by atoms with Gasteiger partial charge in [0.2, 0.25) is 0 Å². The topological polar surface area (TPSA) is 153 Å². The first-order valence-corrected chi connectivity index (χ1v) is 3.35. The summed E-state index contributed by atoms with van der Waals surface area (Å²) in [5.41, 5.74) is 2.00. The molecule has 0 saturated heterocycles. The van der Waals surface area contributed by atoms with Crippen LogP contribution < -0.4 is 5.73 Å². The molecule has 9 heteroatoms. The second-order valence-corrected chi connectivity index (χ2v) is 2.26. The van der Waals surface area contributed by atoms with Gasteiger partial charge in [-0.1, -0.05) is 0 Å². The van der Waals surface area contributed by atoms with Crippen molar-refractivity contribution in [2.24, 2.45) is 5.73 Å². The zero-order chi connectivity index (χ0) is 12.1. The molecule has 0 amide bonds. The summed E-state index contributed by atoms with van der Waals surface area (Å²) in [6.07, 6.45) is -2.34. The molecule has 2 atom stereocenters. The highest BCUT2D eigenvalue weighted by Crippen LogP contribution is 2.12. The Hall–Kier alpha value is -2.16. The Balaban J connectivity index is 5.15. The van der Waals surface area contributed by atoms with Crippen LogP contribution in [0.5, 0.6) is 0 Å². The zero-order valence-electron chi connectivity index (χ0n) is 7.15. The summed E-state index contributed by atoms with van der Waals surface area (Å²) in [7, 11) is 0. The number of carboxylic acids is 2. The van der Waals surface area contributed by atoms with Crippen molar-refractivity contribution >= 4 is 24.9 Å². The van der Waals surface area contributed by atoms with Gasteiger partial charge in [-0.2, -0.15) is 0 Å². The number of aliphatic carboxylic acids is 2. The number of carbonyl (C=O) groups is 4. The maximum atomic E-state index is 10.6. The largest absolute Gasteiger partial charge is 0.478 e. The van der Waals surface area contributed by atoms with Gasteiger partial charge < -0.3 is 19.7 Å². The summed E-state index contributed by atoms with van der Waals surface area (Å²) in [6.45, 7) is -0.685. The van der Waals surface area contributed by atoms with E-state index >= 15 is 0 Å². The van der Waals surface area contributed by atoms with E-state index in [4.69, 9.17) is 15.9 Å². The Labute approximate surface area is 82.4 Å². The Morgan fingerprint density at radius 1 is 1.27 bits per heavy atom. The first-order valence-electron chi connectivity index (χ1n) is 3.35. The van der Waals surface area contributed by atoms with E-state index < -0.39 is 23.8 Å². The molecule has 15 heavy (non-hydrogen) atoms. The van der Waals surface area contributed by atoms with E-state index in [1.807, 2.05) is 0 Å². The van der Waals surface area contributed by atoms with Crippen LogP contribution in [0, 0.1) is 0 Å². The van der Waals surface area contributed by atoms with Crippen molar-refractivity contribution in [1.29, 1.82) is 0 Å². The summed E-state index contributed by atoms with van der Waals surface area (Å²) in [5, 5.41) is 17.0. The minimum atomic E-state index is -2.96. The van der Waals surface area contributed by atoms with E-state index in [1.165, 1.54) is 0 Å². The number of rotatable bonds is 7. The molecule has 0 saturated carbocycles. The third-order valence-corrected chi connectivity index (χ3v) is 1.38. The van der Waals surface area contributed by atoms with Gasteiger partial charge in [-0.05, 0) is 0 Å². The van der Waals surface area contributed by atoms with Gasteiger partial charge in [-0.3, -0.25) is 15.3 Å². The molecule has 2 unspecified atom stereocenters. The highest BCUT2D eigenvalue weighted by atomic mass is 16.6. The second-order valence-electron chi connectivity index (χ2n) is 2.26. The fourth-order valence-electron chi connectivity index (χ4n) is 0.702. The van der Waals surface area contributed by atoms with Crippen molar-refractivity contribution in [2.75, 3.05) is 0 Å². The average molecular weight is 221 g/mol. The van der Waals surface area contributed by atoms with Gasteiger partial charge in [0.05, 0.1) is 0 Å². The minimum absolute atomic E-state index is 0.322. The van der Waals surface area contributed by atoms with Crippen LogP contribution in [0.1, 0.15) is 0 Å². The van der Waals surface area contributed by atoms with Crippen LogP contribution in [0.25, 0.3) is 0 Å². The van der Waals surface area contributed by atoms with E-state index in [9.17, 15) is 19.2 Å². The van der Waals surface area contributed by atoms with Crippen LogP contribution in [0.3, 0.4) is 0 Å². The third-order valence-electron chi connectivity index (χ3n) is 1.38. The van der Waals surface area contributed by atoms with Gasteiger partial charge in [0.25, 0.3) is 19.0 Å². The van der Waals surface area contributed by atoms with E-state index in [0.717, 1.165) is 0 Å². The number of carboxylic acid groups (broad SMARTS) is 2. The predicted molar refractivity (Wildman–Crippen MR) is 40.3 cm³/mol. The van der Waals surface area contributed by atoms with E-state index in [-0.39, 0.29) is 12.9 Å². The van der Waals surface area contributed by atoms with Crippen LogP contribution in [-0.2, 0) is 28.7 Å². The number of hydrogen-bond acceptors (Lipinski definition) is 7. The first kappa shape index (κ1) is 12.8. The van der Waals surface area contributed by atoms with Crippen LogP contribution in [0.4, 0.5) is 0 Å². The first-order chi connectivity index (χ1) is 6.90. The molecule has 0 aromatic carbocycles. The normalized spacial score (nSPS) is 15.5. The molecule has 4 N–H and O–H groups in total. The van der Waals surface area contributed by atoms with Crippen LogP contribution in [-0.4, -0.2) is 46.9 Å². The summed E-state index contributed by atoms with van der Waals surface area (Å²) in [4.78, 5) is 40.9. The molecule has 0 aliphatic heterocycles. The van der Waals surface area contributed by atoms with Gasteiger partial charge in [0.15, 0.2) is 0 Å². The van der Waals surface area contributed by atoms with E-state index in [1.54, 1.807) is 0 Å². The molecule has 0 aromatic rings. The van der Waals surface area contributed by atoms with Crippen molar-refractivity contribution in [3.05, 3.63) is 0 Å². The maximum Gasteiger partial charge on any atom is 0.368 e. The van der Waals surface area contributed by atoms with E-state index in [2.05, 4.69) is 9.47 Å². The number of nitrogens with two attached hydrogens (primary N) is 1. The van der Waals surface area contributed by atoms with Gasteiger partial charge >= 0.3 is 17.7 Å². The summed E-state index contributed by atoms with van der Waals surface area (Å²) in [5.74, 6) is -3.84. The molecule has 0 spiro atoms.